The van der Waals surface area contributed by atoms with Gasteiger partial charge in [0.2, 0.25) is 0 Å². The van der Waals surface area contributed by atoms with Crippen molar-refractivity contribution in [2.45, 2.75) is 47.5 Å². The molecule has 3 heteroatoms. The normalized spacial score (nSPS) is 11.1. The molecular weight excluding hydrogens is 607 g/mol. The molecule has 8 aromatic rings. The lowest BCUT2D eigenvalue weighted by Crippen LogP contribution is -1.96. The van der Waals surface area contributed by atoms with Crippen LogP contribution in [0, 0.1) is 20.8 Å². The van der Waals surface area contributed by atoms with E-state index in [1.54, 1.807) is 0 Å². The van der Waals surface area contributed by atoms with Gasteiger partial charge in [0.05, 0.1) is 16.7 Å². The second-order valence-corrected chi connectivity index (χ2v) is 13.0. The molecule has 50 heavy (non-hydrogen) atoms. The van der Waals surface area contributed by atoms with Gasteiger partial charge in [-0.2, -0.15) is 0 Å². The van der Waals surface area contributed by atoms with Gasteiger partial charge in [-0.05, 0) is 91.3 Å². The van der Waals surface area contributed by atoms with Gasteiger partial charge in [0.1, 0.15) is 0 Å². The Kier molecular flexibility index (Phi) is 9.40. The highest BCUT2D eigenvalue weighted by Crippen LogP contribution is 2.38. The summed E-state index contributed by atoms with van der Waals surface area (Å²) in [4.78, 5) is 9.38. The third-order valence-corrected chi connectivity index (χ3v) is 9.67. The van der Waals surface area contributed by atoms with Gasteiger partial charge in [0.15, 0.2) is 5.82 Å². The first kappa shape index (κ1) is 32.7. The van der Waals surface area contributed by atoms with E-state index in [9.17, 15) is 0 Å². The first-order valence-corrected chi connectivity index (χ1v) is 17.6. The van der Waals surface area contributed by atoms with Crippen LogP contribution in [0.1, 0.15) is 41.8 Å². The van der Waals surface area contributed by atoms with E-state index in [0.29, 0.717) is 0 Å². The molecule has 0 aliphatic heterocycles. The third kappa shape index (κ3) is 6.47. The number of para-hydroxylation sites is 2. The maximum atomic E-state index is 4.77. The van der Waals surface area contributed by atoms with E-state index in [2.05, 4.69) is 177 Å². The average molecular weight is 650 g/mol. The van der Waals surface area contributed by atoms with Crippen molar-refractivity contribution in [2.75, 3.05) is 0 Å². The van der Waals surface area contributed by atoms with Crippen molar-refractivity contribution in [1.29, 1.82) is 0 Å². The van der Waals surface area contributed by atoms with Crippen LogP contribution in [-0.4, -0.2) is 14.5 Å². The maximum absolute atomic E-state index is 4.77. The molecule has 0 unspecified atom stereocenters. The second-order valence-electron chi connectivity index (χ2n) is 13.0. The van der Waals surface area contributed by atoms with Crippen LogP contribution in [-0.2, 0) is 12.8 Å². The summed E-state index contributed by atoms with van der Waals surface area (Å²) in [7, 11) is 0. The van der Waals surface area contributed by atoms with E-state index < -0.39 is 0 Å². The lowest BCUT2D eigenvalue weighted by molar-refractivity contribution is 1.10. The quantitative estimate of drug-likeness (QED) is 0.179. The van der Waals surface area contributed by atoms with Crippen LogP contribution in [0.2, 0.25) is 0 Å². The Labute approximate surface area is 295 Å². The number of nitrogens with zero attached hydrogens (tertiary/aromatic N) is 3. The fourth-order valence-electron chi connectivity index (χ4n) is 6.88. The van der Waals surface area contributed by atoms with E-state index in [-0.39, 0.29) is 0 Å². The maximum Gasteiger partial charge on any atom is 0.160 e. The second kappa shape index (κ2) is 14.4. The molecular formula is C47H43N3. The molecule has 0 spiro atoms. The van der Waals surface area contributed by atoms with Gasteiger partial charge in [-0.25, -0.2) is 9.97 Å². The molecule has 6 aromatic carbocycles. The molecule has 2 heterocycles. The molecule has 0 aliphatic carbocycles. The Morgan fingerprint density at radius 2 is 1.14 bits per heavy atom. The van der Waals surface area contributed by atoms with Crippen molar-refractivity contribution in [2.24, 2.45) is 0 Å². The number of aryl methyl sites for hydroxylation is 5. The standard InChI is InChI=1S/C26H21N.C21H22N2/c1-18-10-6-7-13-21(18)22-16-17-24-23-14-8-9-15-25(23)27(26(24)19(22)2)20-11-4-3-5-12-20;1-4-16-6-10-18(11-7-16)20-14-15(3)22-21(23-20)19-12-8-17(5-2)9-13-19/h3-17H,1-2H3;6-14H,4-5H2,1-3H3. The van der Waals surface area contributed by atoms with E-state index in [4.69, 9.17) is 4.98 Å². The van der Waals surface area contributed by atoms with Crippen LogP contribution in [0.3, 0.4) is 0 Å². The molecule has 246 valence electrons. The van der Waals surface area contributed by atoms with E-state index in [1.807, 2.05) is 13.0 Å². The van der Waals surface area contributed by atoms with Gasteiger partial charge < -0.3 is 4.57 Å². The average Bonchev–Trinajstić information content (AvgIpc) is 3.51. The minimum Gasteiger partial charge on any atom is -0.309 e. The summed E-state index contributed by atoms with van der Waals surface area (Å²) in [5, 5.41) is 2.61. The molecule has 0 saturated heterocycles. The fraction of sp³-hybridized carbons (Fsp3) is 0.149. The number of aromatic nitrogens is 3. The Hall–Kier alpha value is -5.80. The van der Waals surface area contributed by atoms with Crippen LogP contribution >= 0.6 is 0 Å². The van der Waals surface area contributed by atoms with E-state index >= 15 is 0 Å². The fourth-order valence-corrected chi connectivity index (χ4v) is 6.88. The lowest BCUT2D eigenvalue weighted by Gasteiger charge is -2.14. The van der Waals surface area contributed by atoms with Crippen molar-refractivity contribution < 1.29 is 0 Å². The Bertz CT molecular complexity index is 2330. The Morgan fingerprint density at radius 3 is 1.82 bits per heavy atom. The lowest BCUT2D eigenvalue weighted by atomic mass is 9.95. The number of rotatable bonds is 6. The molecule has 0 fully saturated rings. The van der Waals surface area contributed by atoms with Crippen molar-refractivity contribution in [3.63, 3.8) is 0 Å². The number of benzene rings is 6. The summed E-state index contributed by atoms with van der Waals surface area (Å²) in [5.74, 6) is 0.794. The van der Waals surface area contributed by atoms with Crippen molar-refractivity contribution in [3.8, 4) is 39.5 Å². The molecule has 3 nitrogen and oxygen atoms in total. The highest BCUT2D eigenvalue weighted by Gasteiger charge is 2.17. The molecule has 8 rings (SSSR count). The van der Waals surface area contributed by atoms with Crippen LogP contribution in [0.15, 0.2) is 146 Å². The molecule has 0 saturated carbocycles. The Morgan fingerprint density at radius 1 is 0.520 bits per heavy atom. The van der Waals surface area contributed by atoms with Crippen molar-refractivity contribution >= 4 is 21.8 Å². The Balaban J connectivity index is 0.000000159. The first-order valence-electron chi connectivity index (χ1n) is 17.6. The zero-order valence-electron chi connectivity index (χ0n) is 29.6. The largest absolute Gasteiger partial charge is 0.309 e. The SMILES string of the molecule is CCc1ccc(-c2cc(C)nc(-c3ccc(CC)cc3)n2)cc1.Cc1ccccc1-c1ccc2c3ccccc3n(-c3ccccc3)c2c1C. The predicted molar refractivity (Wildman–Crippen MR) is 212 cm³/mol. The third-order valence-electron chi connectivity index (χ3n) is 9.67. The molecule has 0 radical (unpaired) electrons. The van der Waals surface area contributed by atoms with Gasteiger partial charge in [-0.15, -0.1) is 0 Å². The summed E-state index contributed by atoms with van der Waals surface area (Å²) in [6.07, 6.45) is 2.10. The molecule has 0 aliphatic rings. The summed E-state index contributed by atoms with van der Waals surface area (Å²) in [5.41, 5.74) is 15.8. The molecule has 0 bridgehead atoms. The summed E-state index contributed by atoms with van der Waals surface area (Å²) in [6.45, 7) is 10.8. The van der Waals surface area contributed by atoms with Crippen LogP contribution < -0.4 is 0 Å². The molecule has 2 aromatic heterocycles. The molecule has 0 amide bonds. The predicted octanol–water partition coefficient (Wildman–Crippen LogP) is 12.3. The smallest absolute Gasteiger partial charge is 0.160 e. The minimum absolute atomic E-state index is 0.794. The van der Waals surface area contributed by atoms with Crippen LogP contribution in [0.5, 0.6) is 0 Å². The van der Waals surface area contributed by atoms with Gasteiger partial charge in [0, 0.05) is 33.3 Å². The summed E-state index contributed by atoms with van der Waals surface area (Å²) < 4.78 is 2.40. The molecule has 0 N–H and O–H groups in total. The topological polar surface area (TPSA) is 30.7 Å². The highest BCUT2D eigenvalue weighted by molar-refractivity contribution is 6.11. The zero-order valence-corrected chi connectivity index (χ0v) is 29.6. The first-order chi connectivity index (χ1) is 24.4. The summed E-state index contributed by atoms with van der Waals surface area (Å²) in [6, 6.07) is 51.7. The van der Waals surface area contributed by atoms with Crippen molar-refractivity contribution in [1.82, 2.24) is 14.5 Å². The van der Waals surface area contributed by atoms with Crippen LogP contribution in [0.25, 0.3) is 61.3 Å². The molecule has 0 atom stereocenters. The number of hydrogen-bond acceptors (Lipinski definition) is 2. The minimum atomic E-state index is 0.794. The van der Waals surface area contributed by atoms with Crippen molar-refractivity contribution in [3.05, 3.63) is 174 Å². The summed E-state index contributed by atoms with van der Waals surface area (Å²) >= 11 is 0. The van der Waals surface area contributed by atoms with Gasteiger partial charge in [-0.3, -0.25) is 0 Å². The van der Waals surface area contributed by atoms with E-state index in [0.717, 1.165) is 41.2 Å². The van der Waals surface area contributed by atoms with Gasteiger partial charge >= 0.3 is 0 Å². The number of hydrogen-bond donors (Lipinski definition) is 0. The van der Waals surface area contributed by atoms with Gasteiger partial charge in [-0.1, -0.05) is 135 Å². The number of fused-ring (bicyclic) bond motifs is 3. The monoisotopic (exact) mass is 649 g/mol. The zero-order chi connectivity index (χ0) is 34.6. The van der Waals surface area contributed by atoms with Crippen LogP contribution in [0.4, 0.5) is 0 Å². The highest BCUT2D eigenvalue weighted by atomic mass is 15.0. The van der Waals surface area contributed by atoms with E-state index in [1.165, 1.54) is 60.9 Å². The van der Waals surface area contributed by atoms with Gasteiger partial charge in [0.25, 0.3) is 0 Å².